The van der Waals surface area contributed by atoms with Gasteiger partial charge in [0.2, 0.25) is 0 Å². The summed E-state index contributed by atoms with van der Waals surface area (Å²) in [7, 11) is 0. The van der Waals surface area contributed by atoms with Crippen LogP contribution in [0.15, 0.2) is 0 Å². The molecule has 2 atom stereocenters. The number of carbonyl (C=O) groups excluding carboxylic acids is 1. The summed E-state index contributed by atoms with van der Waals surface area (Å²) in [5, 5.41) is 3.38. The zero-order valence-corrected chi connectivity index (χ0v) is 10.8. The number of piperidine rings is 1. The Morgan fingerprint density at radius 3 is 2.88 bits per heavy atom. The van der Waals surface area contributed by atoms with E-state index in [1.54, 1.807) is 0 Å². The van der Waals surface area contributed by atoms with Crippen molar-refractivity contribution >= 4 is 5.91 Å². The molecule has 1 amide bonds. The van der Waals surface area contributed by atoms with Crippen molar-refractivity contribution in [1.29, 1.82) is 0 Å². The average molecular weight is 240 g/mol. The summed E-state index contributed by atoms with van der Waals surface area (Å²) in [5.74, 6) is 0.220. The second-order valence-corrected chi connectivity index (χ2v) is 5.03. The summed E-state index contributed by atoms with van der Waals surface area (Å²) in [4.78, 5) is 14.5. The molecule has 0 aromatic heterocycles. The molecule has 4 nitrogen and oxygen atoms in total. The first-order valence-electron chi connectivity index (χ1n) is 6.95. The van der Waals surface area contributed by atoms with Crippen LogP contribution in [0.1, 0.15) is 39.0 Å². The number of nitrogens with zero attached hydrogens (tertiary/aromatic N) is 1. The Morgan fingerprint density at radius 2 is 2.29 bits per heavy atom. The number of nitrogens with one attached hydrogen (secondary N) is 1. The molecular weight excluding hydrogens is 216 g/mol. The van der Waals surface area contributed by atoms with Crippen LogP contribution in [0.5, 0.6) is 0 Å². The van der Waals surface area contributed by atoms with Crippen LogP contribution in [-0.2, 0) is 9.53 Å². The highest BCUT2D eigenvalue weighted by molar-refractivity contribution is 5.81. The average Bonchev–Trinajstić information content (AvgIpc) is 2.90. The summed E-state index contributed by atoms with van der Waals surface area (Å²) in [6.45, 7) is 5.78. The van der Waals surface area contributed by atoms with Crippen molar-refractivity contribution < 1.29 is 9.53 Å². The number of ether oxygens (including phenoxy) is 1. The van der Waals surface area contributed by atoms with Gasteiger partial charge in [0.25, 0.3) is 5.91 Å². The molecule has 2 rings (SSSR count). The fourth-order valence-electron chi connectivity index (χ4n) is 2.77. The van der Waals surface area contributed by atoms with Gasteiger partial charge in [0.15, 0.2) is 0 Å². The maximum atomic E-state index is 12.4. The fraction of sp³-hybridized carbons (Fsp3) is 0.923. The Morgan fingerprint density at radius 1 is 1.41 bits per heavy atom. The number of amides is 1. The van der Waals surface area contributed by atoms with Gasteiger partial charge >= 0.3 is 0 Å². The minimum absolute atomic E-state index is 0.163. The second-order valence-electron chi connectivity index (χ2n) is 5.03. The van der Waals surface area contributed by atoms with E-state index in [9.17, 15) is 4.79 Å². The van der Waals surface area contributed by atoms with Crippen LogP contribution in [0, 0.1) is 0 Å². The van der Waals surface area contributed by atoms with Gasteiger partial charge in [-0.15, -0.1) is 0 Å². The monoisotopic (exact) mass is 240 g/mol. The summed E-state index contributed by atoms with van der Waals surface area (Å²) in [5.41, 5.74) is 0. The number of hydrogen-bond donors (Lipinski definition) is 1. The first kappa shape index (κ1) is 12.8. The third kappa shape index (κ3) is 3.19. The molecule has 0 bridgehead atoms. The minimum atomic E-state index is -0.163. The number of hydrogen-bond acceptors (Lipinski definition) is 3. The van der Waals surface area contributed by atoms with E-state index < -0.39 is 0 Å². The van der Waals surface area contributed by atoms with Gasteiger partial charge in [0.05, 0.1) is 0 Å². The number of rotatable bonds is 4. The van der Waals surface area contributed by atoms with Gasteiger partial charge < -0.3 is 15.0 Å². The van der Waals surface area contributed by atoms with E-state index in [-0.39, 0.29) is 12.0 Å². The Labute approximate surface area is 104 Å². The molecule has 0 aromatic carbocycles. The zero-order chi connectivity index (χ0) is 12.1. The van der Waals surface area contributed by atoms with Crippen molar-refractivity contribution in [3.05, 3.63) is 0 Å². The summed E-state index contributed by atoms with van der Waals surface area (Å²) in [6.07, 6.45) is 5.09. The fourth-order valence-corrected chi connectivity index (χ4v) is 2.77. The molecule has 0 saturated carbocycles. The molecule has 2 heterocycles. The molecule has 2 fully saturated rings. The first-order valence-corrected chi connectivity index (χ1v) is 6.95. The molecule has 0 aliphatic carbocycles. The zero-order valence-electron chi connectivity index (χ0n) is 10.8. The molecular formula is C13H24N2O2. The van der Waals surface area contributed by atoms with Crippen molar-refractivity contribution in [2.75, 3.05) is 26.2 Å². The topological polar surface area (TPSA) is 41.6 Å². The maximum Gasteiger partial charge on any atom is 0.251 e. The summed E-state index contributed by atoms with van der Waals surface area (Å²) < 4.78 is 5.52. The first-order chi connectivity index (χ1) is 8.33. The smallest absolute Gasteiger partial charge is 0.251 e. The van der Waals surface area contributed by atoms with Crippen molar-refractivity contribution in [2.24, 2.45) is 0 Å². The van der Waals surface area contributed by atoms with Crippen LogP contribution >= 0.6 is 0 Å². The predicted octanol–water partition coefficient (Wildman–Crippen LogP) is 1.16. The van der Waals surface area contributed by atoms with Crippen molar-refractivity contribution in [1.82, 2.24) is 10.2 Å². The Kier molecular flexibility index (Phi) is 4.80. The van der Waals surface area contributed by atoms with Gasteiger partial charge in [-0.3, -0.25) is 4.79 Å². The lowest BCUT2D eigenvalue weighted by Gasteiger charge is -2.35. The lowest BCUT2D eigenvalue weighted by molar-refractivity contribution is -0.143. The van der Waals surface area contributed by atoms with Gasteiger partial charge in [-0.25, -0.2) is 0 Å². The molecule has 2 unspecified atom stereocenters. The van der Waals surface area contributed by atoms with Gasteiger partial charge in [-0.1, -0.05) is 6.92 Å². The minimum Gasteiger partial charge on any atom is -0.368 e. The largest absolute Gasteiger partial charge is 0.368 e. The molecule has 17 heavy (non-hydrogen) atoms. The third-order valence-electron chi connectivity index (χ3n) is 3.66. The van der Waals surface area contributed by atoms with E-state index in [1.165, 1.54) is 6.42 Å². The molecule has 0 spiro atoms. The Bertz CT molecular complexity index is 246. The van der Waals surface area contributed by atoms with Crippen molar-refractivity contribution in [2.45, 2.75) is 51.2 Å². The van der Waals surface area contributed by atoms with Gasteiger partial charge in [-0.2, -0.15) is 0 Å². The molecule has 2 aliphatic rings. The molecule has 0 aromatic rings. The van der Waals surface area contributed by atoms with E-state index >= 15 is 0 Å². The number of carbonyl (C=O) groups is 1. The highest BCUT2D eigenvalue weighted by Gasteiger charge is 2.32. The SMILES string of the molecule is CCCN(C(=O)C1CCCO1)C1CCCNC1. The van der Waals surface area contributed by atoms with Gasteiger partial charge in [-0.05, 0) is 38.6 Å². The predicted molar refractivity (Wildman–Crippen MR) is 66.9 cm³/mol. The van der Waals surface area contributed by atoms with Gasteiger partial charge in [0.1, 0.15) is 6.10 Å². The molecule has 98 valence electrons. The quantitative estimate of drug-likeness (QED) is 0.801. The standard InChI is InChI=1S/C13H24N2O2/c1-2-8-15(11-5-3-7-14-10-11)13(16)12-6-4-9-17-12/h11-12,14H,2-10H2,1H3. The van der Waals surface area contributed by atoms with Crippen LogP contribution in [0.4, 0.5) is 0 Å². The molecule has 4 heteroatoms. The van der Waals surface area contributed by atoms with Crippen LogP contribution in [0.3, 0.4) is 0 Å². The summed E-state index contributed by atoms with van der Waals surface area (Å²) >= 11 is 0. The Hall–Kier alpha value is -0.610. The van der Waals surface area contributed by atoms with E-state index in [2.05, 4.69) is 17.1 Å². The van der Waals surface area contributed by atoms with Crippen LogP contribution in [0.2, 0.25) is 0 Å². The van der Waals surface area contributed by atoms with Crippen LogP contribution in [0.25, 0.3) is 0 Å². The highest BCUT2D eigenvalue weighted by atomic mass is 16.5. The second kappa shape index (κ2) is 6.36. The van der Waals surface area contributed by atoms with Crippen LogP contribution < -0.4 is 5.32 Å². The van der Waals surface area contributed by atoms with Gasteiger partial charge in [0, 0.05) is 25.7 Å². The Balaban J connectivity index is 1.96. The maximum absolute atomic E-state index is 12.4. The normalized spacial score (nSPS) is 29.2. The van der Waals surface area contributed by atoms with E-state index in [0.717, 1.165) is 51.9 Å². The molecule has 2 aliphatic heterocycles. The van der Waals surface area contributed by atoms with Crippen molar-refractivity contribution in [3.63, 3.8) is 0 Å². The molecule has 0 radical (unpaired) electrons. The van der Waals surface area contributed by atoms with E-state index in [1.807, 2.05) is 0 Å². The lowest BCUT2D eigenvalue weighted by atomic mass is 10.0. The molecule has 1 N–H and O–H groups in total. The third-order valence-corrected chi connectivity index (χ3v) is 3.66. The summed E-state index contributed by atoms with van der Waals surface area (Å²) in [6, 6.07) is 0.375. The van der Waals surface area contributed by atoms with Crippen LogP contribution in [-0.4, -0.2) is 49.2 Å². The highest BCUT2D eigenvalue weighted by Crippen LogP contribution is 2.19. The van der Waals surface area contributed by atoms with E-state index in [0.29, 0.717) is 6.04 Å². The lowest BCUT2D eigenvalue weighted by Crippen LogP contribution is -2.51. The molecule has 2 saturated heterocycles. The van der Waals surface area contributed by atoms with Crippen molar-refractivity contribution in [3.8, 4) is 0 Å². The van der Waals surface area contributed by atoms with E-state index in [4.69, 9.17) is 4.74 Å².